The maximum absolute atomic E-state index is 12.7. The van der Waals surface area contributed by atoms with Gasteiger partial charge in [-0.1, -0.05) is 0 Å². The Labute approximate surface area is 152 Å². The molecular formula is C18H23N3O5. The van der Waals surface area contributed by atoms with E-state index in [9.17, 15) is 14.4 Å². The highest BCUT2D eigenvalue weighted by Crippen LogP contribution is 2.29. The highest BCUT2D eigenvalue weighted by atomic mass is 16.6. The molecule has 2 aliphatic rings. The van der Waals surface area contributed by atoms with E-state index < -0.39 is 5.60 Å². The van der Waals surface area contributed by atoms with Gasteiger partial charge in [-0.25, -0.2) is 4.79 Å². The molecule has 3 amide bonds. The van der Waals surface area contributed by atoms with Gasteiger partial charge in [0.2, 0.25) is 0 Å². The van der Waals surface area contributed by atoms with Gasteiger partial charge in [-0.15, -0.1) is 0 Å². The van der Waals surface area contributed by atoms with Crippen LogP contribution < -0.4 is 10.1 Å². The molecule has 0 unspecified atom stereocenters. The van der Waals surface area contributed by atoms with Gasteiger partial charge < -0.3 is 24.6 Å². The van der Waals surface area contributed by atoms with Crippen molar-refractivity contribution in [1.29, 1.82) is 0 Å². The molecule has 0 radical (unpaired) electrons. The largest absolute Gasteiger partial charge is 0.482 e. The Bertz CT molecular complexity index is 733. The van der Waals surface area contributed by atoms with Crippen molar-refractivity contribution in [3.8, 4) is 5.75 Å². The number of carbonyl (C=O) groups excluding carboxylic acids is 3. The Balaban J connectivity index is 1.61. The number of nitrogens with one attached hydrogen (secondary N) is 1. The number of hydrogen-bond donors (Lipinski definition) is 1. The average Bonchev–Trinajstić information content (AvgIpc) is 2.59. The first-order chi connectivity index (χ1) is 12.2. The van der Waals surface area contributed by atoms with Crippen LogP contribution in [0, 0.1) is 0 Å². The number of anilines is 1. The zero-order chi connectivity index (χ0) is 18.9. The van der Waals surface area contributed by atoms with E-state index in [4.69, 9.17) is 9.47 Å². The van der Waals surface area contributed by atoms with Gasteiger partial charge in [0.1, 0.15) is 11.4 Å². The van der Waals surface area contributed by atoms with Crippen LogP contribution in [0.4, 0.5) is 10.5 Å². The lowest BCUT2D eigenvalue weighted by Gasteiger charge is -2.35. The van der Waals surface area contributed by atoms with Crippen LogP contribution in [0.5, 0.6) is 5.75 Å². The molecule has 1 aromatic carbocycles. The van der Waals surface area contributed by atoms with Crippen LogP contribution in [0.25, 0.3) is 0 Å². The van der Waals surface area contributed by atoms with Gasteiger partial charge in [0.05, 0.1) is 5.69 Å². The van der Waals surface area contributed by atoms with Crippen molar-refractivity contribution in [2.24, 2.45) is 0 Å². The number of rotatable bonds is 1. The summed E-state index contributed by atoms with van der Waals surface area (Å²) in [6.45, 7) is 7.15. The average molecular weight is 361 g/mol. The van der Waals surface area contributed by atoms with Crippen molar-refractivity contribution >= 4 is 23.6 Å². The predicted octanol–water partition coefficient (Wildman–Crippen LogP) is 1.71. The highest BCUT2D eigenvalue weighted by Gasteiger charge is 2.28. The summed E-state index contributed by atoms with van der Waals surface area (Å²) in [5.41, 5.74) is 0.430. The van der Waals surface area contributed by atoms with Crippen LogP contribution in [-0.4, -0.2) is 66.1 Å². The van der Waals surface area contributed by atoms with Crippen LogP contribution in [0.3, 0.4) is 0 Å². The monoisotopic (exact) mass is 361 g/mol. The summed E-state index contributed by atoms with van der Waals surface area (Å²) in [7, 11) is 0. The fraction of sp³-hybridized carbons (Fsp3) is 0.500. The van der Waals surface area contributed by atoms with Gasteiger partial charge in [0.15, 0.2) is 6.61 Å². The number of amides is 3. The maximum Gasteiger partial charge on any atom is 0.410 e. The molecule has 1 aromatic rings. The van der Waals surface area contributed by atoms with Gasteiger partial charge in [0, 0.05) is 31.7 Å². The summed E-state index contributed by atoms with van der Waals surface area (Å²) in [6, 6.07) is 4.98. The Kier molecular flexibility index (Phi) is 4.76. The first-order valence-corrected chi connectivity index (χ1v) is 8.57. The summed E-state index contributed by atoms with van der Waals surface area (Å²) in [6.07, 6.45) is -0.363. The van der Waals surface area contributed by atoms with Crippen LogP contribution in [0.1, 0.15) is 31.1 Å². The molecule has 1 fully saturated rings. The molecule has 0 spiro atoms. The summed E-state index contributed by atoms with van der Waals surface area (Å²) in [5, 5.41) is 2.70. The number of carbonyl (C=O) groups is 3. The zero-order valence-electron chi connectivity index (χ0n) is 15.2. The quantitative estimate of drug-likeness (QED) is 0.823. The molecule has 2 heterocycles. The lowest BCUT2D eigenvalue weighted by Crippen LogP contribution is -2.51. The Morgan fingerprint density at radius 2 is 1.77 bits per heavy atom. The van der Waals surface area contributed by atoms with E-state index >= 15 is 0 Å². The molecule has 0 aromatic heterocycles. The smallest absolute Gasteiger partial charge is 0.410 e. The van der Waals surface area contributed by atoms with Gasteiger partial charge in [-0.2, -0.15) is 0 Å². The molecule has 8 nitrogen and oxygen atoms in total. The van der Waals surface area contributed by atoms with Crippen molar-refractivity contribution in [2.45, 2.75) is 26.4 Å². The second-order valence-electron chi connectivity index (χ2n) is 7.31. The number of piperazine rings is 1. The van der Waals surface area contributed by atoms with Gasteiger partial charge in [0.25, 0.3) is 11.8 Å². The van der Waals surface area contributed by atoms with Crippen LogP contribution in [0.15, 0.2) is 18.2 Å². The molecule has 1 N–H and O–H groups in total. The zero-order valence-corrected chi connectivity index (χ0v) is 15.2. The molecule has 3 rings (SSSR count). The molecular weight excluding hydrogens is 338 g/mol. The standard InChI is InChI=1S/C18H23N3O5/c1-18(2,3)26-17(24)21-8-6-20(7-9-21)16(23)12-4-5-14-13(10-12)19-15(22)11-25-14/h4-5,10H,6-9,11H2,1-3H3,(H,19,22). The Morgan fingerprint density at radius 3 is 2.42 bits per heavy atom. The first kappa shape index (κ1) is 18.0. The fourth-order valence-corrected chi connectivity index (χ4v) is 2.82. The minimum Gasteiger partial charge on any atom is -0.482 e. The van der Waals surface area contributed by atoms with Gasteiger partial charge in [-0.3, -0.25) is 9.59 Å². The lowest BCUT2D eigenvalue weighted by atomic mass is 10.1. The van der Waals surface area contributed by atoms with Gasteiger partial charge >= 0.3 is 6.09 Å². The number of ether oxygens (including phenoxy) is 2. The molecule has 1 saturated heterocycles. The first-order valence-electron chi connectivity index (χ1n) is 8.57. The molecule has 0 saturated carbocycles. The van der Waals surface area contributed by atoms with Crippen molar-refractivity contribution in [3.05, 3.63) is 23.8 Å². The fourth-order valence-electron chi connectivity index (χ4n) is 2.82. The third-order valence-electron chi connectivity index (χ3n) is 4.08. The summed E-state index contributed by atoms with van der Waals surface area (Å²) >= 11 is 0. The summed E-state index contributed by atoms with van der Waals surface area (Å²) < 4.78 is 10.7. The van der Waals surface area contributed by atoms with E-state index in [2.05, 4.69) is 5.32 Å². The Morgan fingerprint density at radius 1 is 1.12 bits per heavy atom. The van der Waals surface area contributed by atoms with E-state index in [1.165, 1.54) is 0 Å². The second-order valence-corrected chi connectivity index (χ2v) is 7.31. The molecule has 140 valence electrons. The molecule has 26 heavy (non-hydrogen) atoms. The third kappa shape index (κ3) is 4.07. The number of benzene rings is 1. The maximum atomic E-state index is 12.7. The van der Waals surface area contributed by atoms with Crippen molar-refractivity contribution in [3.63, 3.8) is 0 Å². The summed E-state index contributed by atoms with van der Waals surface area (Å²) in [5.74, 6) is 0.167. The van der Waals surface area contributed by atoms with Crippen LogP contribution in [0.2, 0.25) is 0 Å². The minimum absolute atomic E-state index is 0.0209. The second kappa shape index (κ2) is 6.86. The molecule has 0 aliphatic carbocycles. The predicted molar refractivity (Wildman–Crippen MR) is 94.3 cm³/mol. The minimum atomic E-state index is -0.542. The van der Waals surface area contributed by atoms with Crippen molar-refractivity contribution < 1.29 is 23.9 Å². The SMILES string of the molecule is CC(C)(C)OC(=O)N1CCN(C(=O)c2ccc3c(c2)NC(=O)CO3)CC1. The lowest BCUT2D eigenvalue weighted by molar-refractivity contribution is -0.118. The number of nitrogens with zero attached hydrogens (tertiary/aromatic N) is 2. The van der Waals surface area contributed by atoms with Crippen molar-refractivity contribution in [2.75, 3.05) is 38.1 Å². The van der Waals surface area contributed by atoms with E-state index in [-0.39, 0.29) is 24.5 Å². The van der Waals surface area contributed by atoms with E-state index in [0.29, 0.717) is 43.2 Å². The number of fused-ring (bicyclic) bond motifs is 1. The third-order valence-corrected chi connectivity index (χ3v) is 4.08. The molecule has 0 bridgehead atoms. The van der Waals surface area contributed by atoms with Crippen molar-refractivity contribution in [1.82, 2.24) is 9.80 Å². The highest BCUT2D eigenvalue weighted by molar-refractivity contribution is 6.00. The molecule has 0 atom stereocenters. The normalized spacial score (nSPS) is 17.1. The van der Waals surface area contributed by atoms with Crippen LogP contribution in [-0.2, 0) is 9.53 Å². The van der Waals surface area contributed by atoms with E-state index in [1.807, 2.05) is 20.8 Å². The van der Waals surface area contributed by atoms with Crippen LogP contribution >= 0.6 is 0 Å². The Hall–Kier alpha value is -2.77. The van der Waals surface area contributed by atoms with Gasteiger partial charge in [-0.05, 0) is 39.0 Å². The summed E-state index contributed by atoms with van der Waals surface area (Å²) in [4.78, 5) is 39.5. The molecule has 8 heteroatoms. The molecule has 2 aliphatic heterocycles. The topological polar surface area (TPSA) is 88.2 Å². The van der Waals surface area contributed by atoms with E-state index in [1.54, 1.807) is 28.0 Å². The van der Waals surface area contributed by atoms with E-state index in [0.717, 1.165) is 0 Å². The number of hydrogen-bond acceptors (Lipinski definition) is 5.